The summed E-state index contributed by atoms with van der Waals surface area (Å²) in [5.74, 6) is 1.77. The largest absolute Gasteiger partial charge is 0.468 e. The lowest BCUT2D eigenvalue weighted by Gasteiger charge is -2.00. The van der Waals surface area contributed by atoms with Crippen LogP contribution in [-0.2, 0) is 12.3 Å². The second-order valence-electron chi connectivity index (χ2n) is 3.08. The first-order chi connectivity index (χ1) is 7.38. The molecule has 0 amide bonds. The number of furan rings is 1. The maximum absolute atomic E-state index is 5.49. The van der Waals surface area contributed by atoms with Crippen molar-refractivity contribution in [3.05, 3.63) is 48.0 Å². The average Bonchev–Trinajstić information content (AvgIpc) is 2.80. The van der Waals surface area contributed by atoms with Crippen molar-refractivity contribution < 1.29 is 4.42 Å². The minimum absolute atomic E-state index is 0.538. The van der Waals surface area contributed by atoms with Gasteiger partial charge in [0, 0.05) is 12.7 Å². The van der Waals surface area contributed by atoms with Gasteiger partial charge in [0.1, 0.15) is 5.76 Å². The monoisotopic (exact) mass is 220 g/mol. The fraction of sp³-hybridized carbons (Fsp3) is 0.182. The Bertz CT molecular complexity index is 397. The van der Waals surface area contributed by atoms with Crippen molar-refractivity contribution in [1.82, 2.24) is 4.98 Å². The van der Waals surface area contributed by atoms with E-state index in [-0.39, 0.29) is 0 Å². The molecule has 2 rings (SSSR count). The van der Waals surface area contributed by atoms with Crippen LogP contribution in [0.3, 0.4) is 0 Å². The Balaban J connectivity index is 1.93. The van der Waals surface area contributed by atoms with Crippen molar-refractivity contribution in [2.24, 2.45) is 5.73 Å². The topological polar surface area (TPSA) is 52.0 Å². The van der Waals surface area contributed by atoms with Crippen LogP contribution in [-0.4, -0.2) is 4.98 Å². The van der Waals surface area contributed by atoms with Crippen LogP contribution in [0.2, 0.25) is 0 Å². The molecule has 0 aliphatic carbocycles. The number of hydrogen-bond donors (Lipinski definition) is 1. The van der Waals surface area contributed by atoms with E-state index in [1.807, 2.05) is 30.5 Å². The lowest BCUT2D eigenvalue weighted by molar-refractivity contribution is 0.530. The summed E-state index contributed by atoms with van der Waals surface area (Å²) in [5.41, 5.74) is 6.54. The maximum Gasteiger partial charge on any atom is 0.114 e. The van der Waals surface area contributed by atoms with Gasteiger partial charge in [-0.1, -0.05) is 17.8 Å². The normalized spacial score (nSPS) is 10.5. The van der Waals surface area contributed by atoms with Crippen molar-refractivity contribution in [3.63, 3.8) is 0 Å². The highest BCUT2D eigenvalue weighted by atomic mass is 32.2. The molecule has 0 spiro atoms. The molecule has 0 unspecified atom stereocenters. The number of hydrogen-bond acceptors (Lipinski definition) is 4. The molecule has 0 saturated heterocycles. The van der Waals surface area contributed by atoms with Gasteiger partial charge in [0.25, 0.3) is 0 Å². The fourth-order valence-electron chi connectivity index (χ4n) is 1.16. The van der Waals surface area contributed by atoms with Crippen LogP contribution < -0.4 is 5.73 Å². The molecule has 4 heteroatoms. The van der Waals surface area contributed by atoms with Crippen LogP contribution in [0.4, 0.5) is 0 Å². The standard InChI is InChI=1S/C11H12N2OS/c12-6-9-3-4-11(13-7-9)15-8-10-2-1-5-14-10/h1-5,7H,6,8,12H2. The second kappa shape index (κ2) is 5.00. The molecule has 2 aromatic heterocycles. The van der Waals surface area contributed by atoms with Crippen molar-refractivity contribution in [2.45, 2.75) is 17.3 Å². The summed E-state index contributed by atoms with van der Waals surface area (Å²) in [6.45, 7) is 0.538. The molecule has 0 atom stereocenters. The van der Waals surface area contributed by atoms with Gasteiger partial charge >= 0.3 is 0 Å². The number of nitrogens with zero attached hydrogens (tertiary/aromatic N) is 1. The van der Waals surface area contributed by atoms with Gasteiger partial charge in [-0.15, -0.1) is 0 Å². The van der Waals surface area contributed by atoms with Gasteiger partial charge in [0.2, 0.25) is 0 Å². The SMILES string of the molecule is NCc1ccc(SCc2ccco2)nc1. The van der Waals surface area contributed by atoms with Crippen LogP contribution >= 0.6 is 11.8 Å². The quantitative estimate of drug-likeness (QED) is 0.804. The molecule has 2 heterocycles. The van der Waals surface area contributed by atoms with E-state index in [1.54, 1.807) is 18.0 Å². The molecule has 3 nitrogen and oxygen atoms in total. The number of pyridine rings is 1. The molecule has 2 N–H and O–H groups in total. The van der Waals surface area contributed by atoms with E-state index < -0.39 is 0 Å². The van der Waals surface area contributed by atoms with E-state index >= 15 is 0 Å². The third kappa shape index (κ3) is 2.84. The van der Waals surface area contributed by atoms with Gasteiger partial charge in [-0.05, 0) is 23.8 Å². The van der Waals surface area contributed by atoms with Crippen molar-refractivity contribution >= 4 is 11.8 Å². The average molecular weight is 220 g/mol. The van der Waals surface area contributed by atoms with Crippen LogP contribution in [0.5, 0.6) is 0 Å². The summed E-state index contributed by atoms with van der Waals surface area (Å²) in [6, 6.07) is 7.83. The molecule has 78 valence electrons. The minimum atomic E-state index is 0.538. The lowest BCUT2D eigenvalue weighted by atomic mass is 10.3. The second-order valence-corrected chi connectivity index (χ2v) is 4.07. The van der Waals surface area contributed by atoms with Crippen LogP contribution in [0, 0.1) is 0 Å². The first-order valence-electron chi connectivity index (χ1n) is 4.68. The molecule has 2 aromatic rings. The van der Waals surface area contributed by atoms with Crippen molar-refractivity contribution in [2.75, 3.05) is 0 Å². The first kappa shape index (κ1) is 10.3. The third-order valence-corrected chi connectivity index (χ3v) is 2.94. The first-order valence-corrected chi connectivity index (χ1v) is 5.67. The Hall–Kier alpha value is -1.26. The van der Waals surface area contributed by atoms with Gasteiger partial charge < -0.3 is 10.2 Å². The van der Waals surface area contributed by atoms with E-state index in [2.05, 4.69) is 4.98 Å². The molecule has 0 radical (unpaired) electrons. The molecule has 0 bridgehead atoms. The van der Waals surface area contributed by atoms with E-state index in [0.717, 1.165) is 22.1 Å². The van der Waals surface area contributed by atoms with Gasteiger partial charge in [-0.3, -0.25) is 0 Å². The molecule has 0 aliphatic rings. The molecule has 0 saturated carbocycles. The number of nitrogens with two attached hydrogens (primary N) is 1. The van der Waals surface area contributed by atoms with Crippen molar-refractivity contribution in [1.29, 1.82) is 0 Å². The van der Waals surface area contributed by atoms with Gasteiger partial charge in [-0.25, -0.2) is 4.98 Å². The van der Waals surface area contributed by atoms with E-state index in [1.165, 1.54) is 0 Å². The Kier molecular flexibility index (Phi) is 3.42. The van der Waals surface area contributed by atoms with Crippen LogP contribution in [0.15, 0.2) is 46.2 Å². The van der Waals surface area contributed by atoms with E-state index in [4.69, 9.17) is 10.2 Å². The Morgan fingerprint density at radius 2 is 2.27 bits per heavy atom. The summed E-state index contributed by atoms with van der Waals surface area (Å²) in [7, 11) is 0. The highest BCUT2D eigenvalue weighted by Crippen LogP contribution is 2.20. The van der Waals surface area contributed by atoms with Gasteiger partial charge in [0.15, 0.2) is 0 Å². The number of aromatic nitrogens is 1. The summed E-state index contributed by atoms with van der Waals surface area (Å²) in [4.78, 5) is 4.29. The molecule has 0 aromatic carbocycles. The summed E-state index contributed by atoms with van der Waals surface area (Å²) < 4.78 is 5.23. The van der Waals surface area contributed by atoms with E-state index in [9.17, 15) is 0 Å². The summed E-state index contributed by atoms with van der Waals surface area (Å²) in [6.07, 6.45) is 3.49. The summed E-state index contributed by atoms with van der Waals surface area (Å²) >= 11 is 1.65. The fourth-order valence-corrected chi connectivity index (χ4v) is 1.90. The smallest absolute Gasteiger partial charge is 0.114 e. The lowest BCUT2D eigenvalue weighted by Crippen LogP contribution is -1.96. The molecule has 0 fully saturated rings. The van der Waals surface area contributed by atoms with E-state index in [0.29, 0.717) is 6.54 Å². The molecular weight excluding hydrogens is 208 g/mol. The Labute approximate surface area is 92.7 Å². The summed E-state index contributed by atoms with van der Waals surface area (Å²) in [5, 5.41) is 0.989. The Morgan fingerprint density at radius 1 is 1.33 bits per heavy atom. The molecular formula is C11H12N2OS. The predicted octanol–water partition coefficient (Wildman–Crippen LogP) is 2.43. The minimum Gasteiger partial charge on any atom is -0.468 e. The highest BCUT2D eigenvalue weighted by Gasteiger charge is 1.99. The third-order valence-electron chi connectivity index (χ3n) is 1.98. The molecule has 15 heavy (non-hydrogen) atoms. The Morgan fingerprint density at radius 3 is 2.87 bits per heavy atom. The zero-order valence-electron chi connectivity index (χ0n) is 8.22. The van der Waals surface area contributed by atoms with Gasteiger partial charge in [-0.2, -0.15) is 0 Å². The maximum atomic E-state index is 5.49. The number of thioether (sulfide) groups is 1. The predicted molar refractivity (Wildman–Crippen MR) is 60.4 cm³/mol. The highest BCUT2D eigenvalue weighted by molar-refractivity contribution is 7.98. The number of rotatable bonds is 4. The van der Waals surface area contributed by atoms with Gasteiger partial charge in [0.05, 0.1) is 17.0 Å². The van der Waals surface area contributed by atoms with Crippen LogP contribution in [0.25, 0.3) is 0 Å². The zero-order chi connectivity index (χ0) is 10.5. The zero-order valence-corrected chi connectivity index (χ0v) is 9.04. The van der Waals surface area contributed by atoms with Crippen LogP contribution in [0.1, 0.15) is 11.3 Å². The van der Waals surface area contributed by atoms with Crippen molar-refractivity contribution in [3.8, 4) is 0 Å². The molecule has 0 aliphatic heterocycles.